The van der Waals surface area contributed by atoms with Crippen LogP contribution in [0.2, 0.25) is 0 Å². The van der Waals surface area contributed by atoms with E-state index in [4.69, 9.17) is 0 Å². The fraction of sp³-hybridized carbons (Fsp3) is 0.615. The number of anilines is 1. The molecule has 1 fully saturated rings. The van der Waals surface area contributed by atoms with E-state index in [0.29, 0.717) is 6.54 Å². The number of nitrogens with one attached hydrogen (secondary N) is 1. The summed E-state index contributed by atoms with van der Waals surface area (Å²) in [5, 5.41) is 12.0. The molecular formula is C13H17F3N2O. The van der Waals surface area contributed by atoms with Gasteiger partial charge in [0, 0.05) is 19.3 Å². The van der Waals surface area contributed by atoms with Gasteiger partial charge in [0.1, 0.15) is 5.82 Å². The van der Waals surface area contributed by atoms with E-state index in [1.807, 2.05) is 0 Å². The maximum absolute atomic E-state index is 12.8. The second kappa shape index (κ2) is 5.77. The molecule has 19 heavy (non-hydrogen) atoms. The lowest BCUT2D eigenvalue weighted by molar-refractivity contribution is -0.137. The van der Waals surface area contributed by atoms with E-state index in [0.717, 1.165) is 25.3 Å². The maximum atomic E-state index is 12.8. The molecule has 106 valence electrons. The molecule has 0 saturated heterocycles. The van der Waals surface area contributed by atoms with Crippen LogP contribution in [-0.2, 0) is 6.18 Å². The predicted octanol–water partition coefficient (Wildman–Crippen LogP) is 2.92. The molecule has 0 spiro atoms. The topological polar surface area (TPSA) is 45.1 Å². The summed E-state index contributed by atoms with van der Waals surface area (Å²) in [5.41, 5.74) is -0.742. The zero-order valence-electron chi connectivity index (χ0n) is 10.5. The van der Waals surface area contributed by atoms with E-state index < -0.39 is 11.7 Å². The second-order valence-electron chi connectivity index (χ2n) is 4.91. The first-order valence-electron chi connectivity index (χ1n) is 6.39. The molecule has 2 rings (SSSR count). The number of hydrogen-bond acceptors (Lipinski definition) is 3. The summed E-state index contributed by atoms with van der Waals surface area (Å²) < 4.78 is 38.3. The lowest BCUT2D eigenvalue weighted by Gasteiger charge is -2.19. The zero-order chi connectivity index (χ0) is 13.9. The normalized spacial score (nSPS) is 23.6. The van der Waals surface area contributed by atoms with Crippen molar-refractivity contribution in [2.45, 2.75) is 25.4 Å². The monoisotopic (exact) mass is 274 g/mol. The van der Waals surface area contributed by atoms with Gasteiger partial charge in [0.05, 0.1) is 5.56 Å². The van der Waals surface area contributed by atoms with E-state index >= 15 is 0 Å². The highest BCUT2D eigenvalue weighted by molar-refractivity contribution is 5.45. The average Bonchev–Trinajstić information content (AvgIpc) is 2.83. The Kier molecular flexibility index (Phi) is 4.29. The molecule has 1 aliphatic rings. The van der Waals surface area contributed by atoms with E-state index in [1.165, 1.54) is 12.3 Å². The maximum Gasteiger partial charge on any atom is 0.419 e. The number of halogens is 3. The second-order valence-corrected chi connectivity index (χ2v) is 4.91. The van der Waals surface area contributed by atoms with Crippen LogP contribution in [0.15, 0.2) is 18.3 Å². The van der Waals surface area contributed by atoms with Gasteiger partial charge in [-0.05, 0) is 36.8 Å². The Morgan fingerprint density at radius 1 is 1.32 bits per heavy atom. The van der Waals surface area contributed by atoms with Crippen LogP contribution in [0, 0.1) is 11.8 Å². The van der Waals surface area contributed by atoms with Crippen LogP contribution >= 0.6 is 0 Å². The van der Waals surface area contributed by atoms with Crippen LogP contribution in [0.4, 0.5) is 19.0 Å². The summed E-state index contributed by atoms with van der Waals surface area (Å²) in [6.07, 6.45) is -0.159. The minimum atomic E-state index is -4.40. The van der Waals surface area contributed by atoms with Crippen molar-refractivity contribution in [1.82, 2.24) is 4.98 Å². The fourth-order valence-electron chi connectivity index (χ4n) is 2.63. The molecule has 2 N–H and O–H groups in total. The minimum Gasteiger partial charge on any atom is -0.396 e. The number of pyridine rings is 1. The highest BCUT2D eigenvalue weighted by Gasteiger charge is 2.34. The molecule has 1 aromatic heterocycles. The Hall–Kier alpha value is -1.30. The molecule has 6 heteroatoms. The van der Waals surface area contributed by atoms with E-state index in [2.05, 4.69) is 10.3 Å². The zero-order valence-corrected chi connectivity index (χ0v) is 10.5. The number of hydrogen-bond donors (Lipinski definition) is 2. The molecule has 1 aromatic rings. The average molecular weight is 274 g/mol. The van der Waals surface area contributed by atoms with Crippen molar-refractivity contribution < 1.29 is 18.3 Å². The Labute approximate surface area is 109 Å². The molecule has 0 aromatic carbocycles. The van der Waals surface area contributed by atoms with Crippen LogP contribution in [-0.4, -0.2) is 23.2 Å². The highest BCUT2D eigenvalue weighted by Crippen LogP contribution is 2.35. The molecule has 1 aliphatic carbocycles. The molecule has 3 nitrogen and oxygen atoms in total. The third kappa shape index (κ3) is 3.37. The number of aromatic nitrogens is 1. The van der Waals surface area contributed by atoms with Crippen LogP contribution in [0.25, 0.3) is 0 Å². The number of alkyl halides is 3. The van der Waals surface area contributed by atoms with Crippen molar-refractivity contribution in [2.75, 3.05) is 18.5 Å². The van der Waals surface area contributed by atoms with Crippen molar-refractivity contribution in [3.05, 3.63) is 23.9 Å². The highest BCUT2D eigenvalue weighted by atomic mass is 19.4. The Morgan fingerprint density at radius 3 is 2.74 bits per heavy atom. The third-order valence-electron chi connectivity index (χ3n) is 3.70. The quantitative estimate of drug-likeness (QED) is 0.887. The van der Waals surface area contributed by atoms with Crippen molar-refractivity contribution in [1.29, 1.82) is 0 Å². The number of rotatable bonds is 4. The SMILES string of the molecule is OCC1CCCC1CNc1ncccc1C(F)(F)F. The predicted molar refractivity (Wildman–Crippen MR) is 65.6 cm³/mol. The summed E-state index contributed by atoms with van der Waals surface area (Å²) >= 11 is 0. The fourth-order valence-corrected chi connectivity index (χ4v) is 2.63. The summed E-state index contributed by atoms with van der Waals surface area (Å²) in [6, 6.07) is 2.30. The summed E-state index contributed by atoms with van der Waals surface area (Å²) in [5.74, 6) is 0.275. The van der Waals surface area contributed by atoms with Crippen molar-refractivity contribution in [3.8, 4) is 0 Å². The van der Waals surface area contributed by atoms with E-state index in [-0.39, 0.29) is 24.3 Å². The number of aliphatic hydroxyl groups excluding tert-OH is 1. The van der Waals surface area contributed by atoms with Gasteiger partial charge in [-0.25, -0.2) is 4.98 Å². The first-order chi connectivity index (χ1) is 9.02. The first-order valence-corrected chi connectivity index (χ1v) is 6.39. The van der Waals surface area contributed by atoms with Gasteiger partial charge in [-0.15, -0.1) is 0 Å². The number of aliphatic hydroxyl groups is 1. The van der Waals surface area contributed by atoms with Gasteiger partial charge >= 0.3 is 6.18 Å². The number of nitrogens with zero attached hydrogens (tertiary/aromatic N) is 1. The van der Waals surface area contributed by atoms with Crippen molar-refractivity contribution in [3.63, 3.8) is 0 Å². The van der Waals surface area contributed by atoms with Gasteiger partial charge in [-0.3, -0.25) is 0 Å². The van der Waals surface area contributed by atoms with Gasteiger partial charge in [-0.2, -0.15) is 13.2 Å². The lowest BCUT2D eigenvalue weighted by Crippen LogP contribution is -2.22. The Balaban J connectivity index is 2.04. The molecule has 0 amide bonds. The Morgan fingerprint density at radius 2 is 2.05 bits per heavy atom. The third-order valence-corrected chi connectivity index (χ3v) is 3.70. The van der Waals surface area contributed by atoms with Crippen molar-refractivity contribution in [2.24, 2.45) is 11.8 Å². The molecule has 1 saturated carbocycles. The molecule has 2 atom stereocenters. The molecule has 1 heterocycles. The van der Waals surface area contributed by atoms with Gasteiger partial charge in [-0.1, -0.05) is 6.42 Å². The Bertz CT molecular complexity index is 423. The van der Waals surface area contributed by atoms with Crippen molar-refractivity contribution >= 4 is 5.82 Å². The van der Waals surface area contributed by atoms with E-state index in [9.17, 15) is 18.3 Å². The van der Waals surface area contributed by atoms with Crippen LogP contribution in [0.5, 0.6) is 0 Å². The summed E-state index contributed by atoms with van der Waals surface area (Å²) in [7, 11) is 0. The molecule has 0 aliphatic heterocycles. The summed E-state index contributed by atoms with van der Waals surface area (Å²) in [6.45, 7) is 0.520. The van der Waals surface area contributed by atoms with Gasteiger partial charge < -0.3 is 10.4 Å². The summed E-state index contributed by atoms with van der Waals surface area (Å²) in [4.78, 5) is 3.76. The minimum absolute atomic E-state index is 0.0979. The van der Waals surface area contributed by atoms with Gasteiger partial charge in [0.15, 0.2) is 0 Å². The van der Waals surface area contributed by atoms with Crippen LogP contribution in [0.1, 0.15) is 24.8 Å². The first kappa shape index (κ1) is 14.1. The van der Waals surface area contributed by atoms with Crippen LogP contribution < -0.4 is 5.32 Å². The van der Waals surface area contributed by atoms with Gasteiger partial charge in [0.25, 0.3) is 0 Å². The molecular weight excluding hydrogens is 257 g/mol. The molecule has 0 radical (unpaired) electrons. The lowest BCUT2D eigenvalue weighted by atomic mass is 9.97. The molecule has 0 bridgehead atoms. The van der Waals surface area contributed by atoms with Crippen LogP contribution in [0.3, 0.4) is 0 Å². The van der Waals surface area contributed by atoms with Gasteiger partial charge in [0.2, 0.25) is 0 Å². The smallest absolute Gasteiger partial charge is 0.396 e. The largest absolute Gasteiger partial charge is 0.419 e. The molecule has 2 unspecified atom stereocenters. The standard InChI is InChI=1S/C13H17F3N2O/c14-13(15,16)11-5-2-6-17-12(11)18-7-9-3-1-4-10(9)8-19/h2,5-6,9-10,19H,1,3-4,7-8H2,(H,17,18). The van der Waals surface area contributed by atoms with E-state index in [1.54, 1.807) is 0 Å².